The van der Waals surface area contributed by atoms with Crippen LogP contribution >= 0.6 is 0 Å². The Morgan fingerprint density at radius 2 is 2.07 bits per heavy atom. The molecule has 0 unspecified atom stereocenters. The number of nitrogens with one attached hydrogen (secondary N) is 1. The summed E-state index contributed by atoms with van der Waals surface area (Å²) in [6.07, 6.45) is 1.46. The topological polar surface area (TPSA) is 73.2 Å². The molecule has 0 aliphatic carbocycles. The number of amides is 2. The van der Waals surface area contributed by atoms with Crippen molar-refractivity contribution < 1.29 is 9.59 Å². The van der Waals surface area contributed by atoms with Gasteiger partial charge in [-0.1, -0.05) is 0 Å². The summed E-state index contributed by atoms with van der Waals surface area (Å²) in [7, 11) is 0. The predicted molar refractivity (Wildman–Crippen MR) is 53.6 cm³/mol. The lowest BCUT2D eigenvalue weighted by Gasteiger charge is -2.31. The fraction of sp³-hybridized carbons (Fsp3) is 0.700. The van der Waals surface area contributed by atoms with Crippen molar-refractivity contribution in [3.05, 3.63) is 0 Å². The van der Waals surface area contributed by atoms with E-state index in [1.165, 1.54) is 0 Å². The summed E-state index contributed by atoms with van der Waals surface area (Å²) in [6, 6.07) is 1.92. The van der Waals surface area contributed by atoms with Crippen LogP contribution in [0.25, 0.3) is 0 Å². The highest BCUT2D eigenvalue weighted by Crippen LogP contribution is 2.10. The van der Waals surface area contributed by atoms with Crippen LogP contribution in [-0.4, -0.2) is 35.8 Å². The second-order valence-corrected chi connectivity index (χ2v) is 3.68. The maximum absolute atomic E-state index is 11.1. The van der Waals surface area contributed by atoms with E-state index in [1.807, 2.05) is 6.07 Å². The fourth-order valence-corrected chi connectivity index (χ4v) is 1.69. The molecule has 0 aromatic rings. The van der Waals surface area contributed by atoms with Crippen LogP contribution < -0.4 is 5.32 Å². The lowest BCUT2D eigenvalue weighted by Crippen LogP contribution is -2.45. The highest BCUT2D eigenvalue weighted by molar-refractivity contribution is 5.78. The molecule has 2 amide bonds. The normalized spacial score (nSPS) is 16.9. The minimum Gasteiger partial charge on any atom is -0.352 e. The minimum atomic E-state index is -0.223. The van der Waals surface area contributed by atoms with E-state index < -0.39 is 0 Å². The number of nitrogens with zero attached hydrogens (tertiary/aromatic N) is 2. The van der Waals surface area contributed by atoms with Gasteiger partial charge in [-0.05, 0) is 12.8 Å². The van der Waals surface area contributed by atoms with Gasteiger partial charge in [0, 0.05) is 26.1 Å². The van der Waals surface area contributed by atoms with Crippen molar-refractivity contribution in [2.45, 2.75) is 32.2 Å². The summed E-state index contributed by atoms with van der Waals surface area (Å²) in [4.78, 5) is 23.9. The average molecular weight is 209 g/mol. The summed E-state index contributed by atoms with van der Waals surface area (Å²) >= 11 is 0. The third-order valence-corrected chi connectivity index (χ3v) is 2.55. The van der Waals surface area contributed by atoms with E-state index in [4.69, 9.17) is 5.26 Å². The van der Waals surface area contributed by atoms with Crippen molar-refractivity contribution in [2.75, 3.05) is 13.1 Å². The Labute approximate surface area is 89.0 Å². The van der Waals surface area contributed by atoms with Gasteiger partial charge in [0.15, 0.2) is 0 Å². The van der Waals surface area contributed by atoms with Gasteiger partial charge in [0.05, 0.1) is 6.07 Å². The molecule has 0 aromatic carbocycles. The van der Waals surface area contributed by atoms with Gasteiger partial charge in [0.1, 0.15) is 6.42 Å². The van der Waals surface area contributed by atoms with Gasteiger partial charge < -0.3 is 10.2 Å². The molecule has 82 valence electrons. The SMILES string of the molecule is CC(=O)N1CCC(NC(=O)CC#N)CC1. The first-order chi connectivity index (χ1) is 7.13. The largest absolute Gasteiger partial charge is 0.352 e. The quantitative estimate of drug-likeness (QED) is 0.697. The van der Waals surface area contributed by atoms with Gasteiger partial charge >= 0.3 is 0 Å². The molecule has 1 saturated heterocycles. The molecule has 0 spiro atoms. The summed E-state index contributed by atoms with van der Waals surface area (Å²) in [6.45, 7) is 2.92. The zero-order chi connectivity index (χ0) is 11.3. The molecule has 1 aliphatic rings. The predicted octanol–water partition coefficient (Wildman–Crippen LogP) is 0.0272. The second-order valence-electron chi connectivity index (χ2n) is 3.68. The van der Waals surface area contributed by atoms with E-state index in [1.54, 1.807) is 11.8 Å². The first-order valence-corrected chi connectivity index (χ1v) is 5.05. The van der Waals surface area contributed by atoms with Crippen molar-refractivity contribution in [2.24, 2.45) is 0 Å². The van der Waals surface area contributed by atoms with E-state index >= 15 is 0 Å². The third kappa shape index (κ3) is 3.58. The smallest absolute Gasteiger partial charge is 0.234 e. The van der Waals surface area contributed by atoms with Crippen molar-refractivity contribution in [1.29, 1.82) is 5.26 Å². The van der Waals surface area contributed by atoms with Crippen LogP contribution in [0.4, 0.5) is 0 Å². The van der Waals surface area contributed by atoms with Crippen LogP contribution in [-0.2, 0) is 9.59 Å². The van der Waals surface area contributed by atoms with E-state index in [0.717, 1.165) is 12.8 Å². The summed E-state index contributed by atoms with van der Waals surface area (Å²) < 4.78 is 0. The zero-order valence-corrected chi connectivity index (χ0v) is 8.82. The Kier molecular flexibility index (Phi) is 4.10. The van der Waals surface area contributed by atoms with Crippen molar-refractivity contribution >= 4 is 11.8 Å². The molecule has 1 N–H and O–H groups in total. The molecule has 0 bridgehead atoms. The average Bonchev–Trinajstić information content (AvgIpc) is 2.18. The molecule has 0 saturated carbocycles. The molecular weight excluding hydrogens is 194 g/mol. The van der Waals surface area contributed by atoms with Crippen LogP contribution in [0.15, 0.2) is 0 Å². The molecule has 0 atom stereocenters. The lowest BCUT2D eigenvalue weighted by atomic mass is 10.0. The maximum Gasteiger partial charge on any atom is 0.234 e. The van der Waals surface area contributed by atoms with Crippen LogP contribution in [0, 0.1) is 11.3 Å². The van der Waals surface area contributed by atoms with Crippen LogP contribution in [0.3, 0.4) is 0 Å². The van der Waals surface area contributed by atoms with Gasteiger partial charge in [0.25, 0.3) is 0 Å². The first-order valence-electron chi connectivity index (χ1n) is 5.05. The molecular formula is C10H15N3O2. The molecule has 5 nitrogen and oxygen atoms in total. The molecule has 0 radical (unpaired) electrons. The van der Waals surface area contributed by atoms with Crippen molar-refractivity contribution in [3.8, 4) is 6.07 Å². The summed E-state index contributed by atoms with van der Waals surface area (Å²) in [5.74, 6) is -0.143. The van der Waals surface area contributed by atoms with Crippen LogP contribution in [0.1, 0.15) is 26.2 Å². The fourth-order valence-electron chi connectivity index (χ4n) is 1.69. The number of rotatable bonds is 2. The van der Waals surface area contributed by atoms with Gasteiger partial charge in [-0.3, -0.25) is 9.59 Å². The molecule has 15 heavy (non-hydrogen) atoms. The van der Waals surface area contributed by atoms with Crippen LogP contribution in [0.2, 0.25) is 0 Å². The molecule has 1 aliphatic heterocycles. The summed E-state index contributed by atoms with van der Waals surface area (Å²) in [5.41, 5.74) is 0. The molecule has 0 aromatic heterocycles. The Balaban J connectivity index is 2.29. The lowest BCUT2D eigenvalue weighted by molar-refractivity contribution is -0.130. The number of nitriles is 1. The number of hydrogen-bond donors (Lipinski definition) is 1. The Hall–Kier alpha value is -1.57. The standard InChI is InChI=1S/C10H15N3O2/c1-8(14)13-6-3-9(4-7-13)12-10(15)2-5-11/h9H,2-4,6-7H2,1H3,(H,12,15). The minimum absolute atomic E-state index is 0.0804. The van der Waals surface area contributed by atoms with E-state index in [-0.39, 0.29) is 24.3 Å². The monoisotopic (exact) mass is 209 g/mol. The number of carbonyl (C=O) groups excluding carboxylic acids is 2. The highest BCUT2D eigenvalue weighted by Gasteiger charge is 2.21. The van der Waals surface area contributed by atoms with Gasteiger partial charge in [-0.2, -0.15) is 5.26 Å². The first kappa shape index (κ1) is 11.5. The van der Waals surface area contributed by atoms with E-state index in [2.05, 4.69) is 5.32 Å². The number of piperidine rings is 1. The van der Waals surface area contributed by atoms with Crippen molar-refractivity contribution in [3.63, 3.8) is 0 Å². The van der Waals surface area contributed by atoms with Gasteiger partial charge in [0.2, 0.25) is 11.8 Å². The Bertz CT molecular complexity index is 288. The van der Waals surface area contributed by atoms with Crippen LogP contribution in [0.5, 0.6) is 0 Å². The second kappa shape index (κ2) is 5.35. The number of likely N-dealkylation sites (tertiary alicyclic amines) is 1. The van der Waals surface area contributed by atoms with Crippen molar-refractivity contribution in [1.82, 2.24) is 10.2 Å². The number of carbonyl (C=O) groups is 2. The molecule has 5 heteroatoms. The summed E-state index contributed by atoms with van der Waals surface area (Å²) in [5, 5.41) is 11.1. The van der Waals surface area contributed by atoms with E-state index in [9.17, 15) is 9.59 Å². The molecule has 1 rings (SSSR count). The third-order valence-electron chi connectivity index (χ3n) is 2.55. The maximum atomic E-state index is 11.1. The Morgan fingerprint density at radius 3 is 2.53 bits per heavy atom. The van der Waals surface area contributed by atoms with E-state index in [0.29, 0.717) is 13.1 Å². The van der Waals surface area contributed by atoms with Gasteiger partial charge in [-0.15, -0.1) is 0 Å². The highest BCUT2D eigenvalue weighted by atomic mass is 16.2. The zero-order valence-electron chi connectivity index (χ0n) is 8.82. The van der Waals surface area contributed by atoms with Gasteiger partial charge in [-0.25, -0.2) is 0 Å². The Morgan fingerprint density at radius 1 is 1.47 bits per heavy atom. The molecule has 1 fully saturated rings. The molecule has 1 heterocycles. The number of hydrogen-bond acceptors (Lipinski definition) is 3.